The molecule has 1 fully saturated rings. The maximum Gasteiger partial charge on any atom is 0.335 e. The zero-order valence-corrected chi connectivity index (χ0v) is 18.8. The summed E-state index contributed by atoms with van der Waals surface area (Å²) in [5, 5.41) is 2.22. The van der Waals surface area contributed by atoms with Crippen LogP contribution in [-0.2, 0) is 16.2 Å². The highest BCUT2D eigenvalue weighted by Gasteiger charge is 2.36. The monoisotopic (exact) mass is 490 g/mol. The van der Waals surface area contributed by atoms with Crippen LogP contribution in [-0.4, -0.2) is 17.8 Å². The Morgan fingerprint density at radius 1 is 0.906 bits per heavy atom. The van der Waals surface area contributed by atoms with Gasteiger partial charge in [0, 0.05) is 4.47 Å². The largest absolute Gasteiger partial charge is 0.489 e. The van der Waals surface area contributed by atoms with Gasteiger partial charge in [-0.15, -0.1) is 0 Å². The van der Waals surface area contributed by atoms with Gasteiger partial charge in [-0.05, 0) is 60.5 Å². The first-order valence-electron chi connectivity index (χ1n) is 9.86. The molecule has 0 aliphatic carbocycles. The molecule has 1 aliphatic heterocycles. The Bertz CT molecular complexity index is 1200. The van der Waals surface area contributed by atoms with Crippen molar-refractivity contribution >= 4 is 45.5 Å². The lowest BCUT2D eigenvalue weighted by Gasteiger charge is -2.26. The van der Waals surface area contributed by atoms with Crippen molar-refractivity contribution in [3.63, 3.8) is 0 Å². The standard InChI is InChI=1S/C25H19BrN2O4/c1-16-2-4-18(5-3-16)15-32-21-12-6-17(7-13-21)14-22-23(29)27-25(31)28(24(22)30)20-10-8-19(26)9-11-20/h2-14H,15H2,1H3,(H,27,29,31). The van der Waals surface area contributed by atoms with E-state index >= 15 is 0 Å². The number of barbiturate groups is 1. The van der Waals surface area contributed by atoms with Gasteiger partial charge in [0.1, 0.15) is 17.9 Å². The van der Waals surface area contributed by atoms with Gasteiger partial charge in [0.05, 0.1) is 5.69 Å². The summed E-state index contributed by atoms with van der Waals surface area (Å²) in [7, 11) is 0. The topological polar surface area (TPSA) is 75.7 Å². The second kappa shape index (κ2) is 9.20. The van der Waals surface area contributed by atoms with Crippen LogP contribution in [0.4, 0.5) is 10.5 Å². The van der Waals surface area contributed by atoms with Crippen LogP contribution in [0.1, 0.15) is 16.7 Å². The number of imide groups is 2. The van der Waals surface area contributed by atoms with Crippen molar-refractivity contribution in [2.45, 2.75) is 13.5 Å². The van der Waals surface area contributed by atoms with E-state index in [1.54, 1.807) is 48.5 Å². The van der Waals surface area contributed by atoms with E-state index in [1.165, 1.54) is 11.6 Å². The Morgan fingerprint density at radius 3 is 2.22 bits per heavy atom. The fourth-order valence-electron chi connectivity index (χ4n) is 3.16. The van der Waals surface area contributed by atoms with Crippen LogP contribution in [0.2, 0.25) is 0 Å². The van der Waals surface area contributed by atoms with E-state index in [4.69, 9.17) is 4.74 Å². The molecule has 1 aliphatic rings. The number of hydrogen-bond donors (Lipinski definition) is 1. The molecular weight excluding hydrogens is 472 g/mol. The highest BCUT2D eigenvalue weighted by atomic mass is 79.9. The quantitative estimate of drug-likeness (QED) is 0.403. The highest BCUT2D eigenvalue weighted by molar-refractivity contribution is 9.10. The fourth-order valence-corrected chi connectivity index (χ4v) is 3.42. The smallest absolute Gasteiger partial charge is 0.335 e. The first kappa shape index (κ1) is 21.5. The van der Waals surface area contributed by atoms with E-state index in [0.29, 0.717) is 23.6 Å². The van der Waals surface area contributed by atoms with Gasteiger partial charge in [-0.1, -0.05) is 57.9 Å². The van der Waals surface area contributed by atoms with Gasteiger partial charge in [0.25, 0.3) is 11.8 Å². The Balaban J connectivity index is 1.50. The van der Waals surface area contributed by atoms with Crippen LogP contribution in [0, 0.1) is 6.92 Å². The number of halogens is 1. The van der Waals surface area contributed by atoms with Gasteiger partial charge in [0.15, 0.2) is 0 Å². The Kier molecular flexibility index (Phi) is 6.18. The molecule has 1 N–H and O–H groups in total. The molecule has 0 unspecified atom stereocenters. The molecule has 32 heavy (non-hydrogen) atoms. The summed E-state index contributed by atoms with van der Waals surface area (Å²) in [6.45, 7) is 2.47. The fraction of sp³-hybridized carbons (Fsp3) is 0.0800. The maximum absolute atomic E-state index is 12.9. The van der Waals surface area contributed by atoms with Crippen LogP contribution in [0.3, 0.4) is 0 Å². The van der Waals surface area contributed by atoms with Crippen LogP contribution >= 0.6 is 15.9 Å². The molecule has 0 radical (unpaired) electrons. The molecule has 6 nitrogen and oxygen atoms in total. The molecule has 3 aromatic carbocycles. The van der Waals surface area contributed by atoms with Gasteiger partial charge in [-0.2, -0.15) is 0 Å². The molecule has 1 heterocycles. The predicted molar refractivity (Wildman–Crippen MR) is 125 cm³/mol. The van der Waals surface area contributed by atoms with Gasteiger partial charge in [-0.3, -0.25) is 14.9 Å². The van der Waals surface area contributed by atoms with E-state index in [0.717, 1.165) is 14.9 Å². The summed E-state index contributed by atoms with van der Waals surface area (Å²) >= 11 is 3.32. The molecule has 0 saturated carbocycles. The molecule has 0 bridgehead atoms. The molecule has 4 amide bonds. The van der Waals surface area contributed by atoms with Crippen LogP contribution in [0.15, 0.2) is 82.8 Å². The summed E-state index contributed by atoms with van der Waals surface area (Å²) in [6, 6.07) is 21.0. The van der Waals surface area contributed by atoms with Crippen molar-refractivity contribution in [3.05, 3.63) is 99.5 Å². The molecule has 3 aromatic rings. The van der Waals surface area contributed by atoms with Gasteiger partial charge >= 0.3 is 6.03 Å². The lowest BCUT2D eigenvalue weighted by molar-refractivity contribution is -0.122. The summed E-state index contributed by atoms with van der Waals surface area (Å²) in [5.74, 6) is -0.743. The molecule has 160 valence electrons. The third-order valence-electron chi connectivity index (χ3n) is 4.90. The number of carbonyl (C=O) groups excluding carboxylic acids is 3. The zero-order valence-electron chi connectivity index (χ0n) is 17.2. The second-order valence-electron chi connectivity index (χ2n) is 7.28. The first-order valence-corrected chi connectivity index (χ1v) is 10.7. The Labute approximate surface area is 193 Å². The van der Waals surface area contributed by atoms with Crippen LogP contribution in [0.25, 0.3) is 6.08 Å². The molecular formula is C25H19BrN2O4. The minimum atomic E-state index is -0.778. The number of nitrogens with one attached hydrogen (secondary N) is 1. The number of aryl methyl sites for hydroxylation is 1. The minimum Gasteiger partial charge on any atom is -0.489 e. The van der Waals surface area contributed by atoms with Gasteiger partial charge < -0.3 is 4.74 Å². The van der Waals surface area contributed by atoms with E-state index in [9.17, 15) is 14.4 Å². The number of carbonyl (C=O) groups is 3. The number of anilines is 1. The lowest BCUT2D eigenvalue weighted by Crippen LogP contribution is -2.54. The van der Waals surface area contributed by atoms with E-state index in [1.807, 2.05) is 31.2 Å². The number of rotatable bonds is 5. The van der Waals surface area contributed by atoms with Crippen molar-refractivity contribution in [1.29, 1.82) is 0 Å². The second-order valence-corrected chi connectivity index (χ2v) is 8.19. The van der Waals surface area contributed by atoms with Gasteiger partial charge in [-0.25, -0.2) is 9.69 Å². The van der Waals surface area contributed by atoms with Crippen molar-refractivity contribution in [1.82, 2.24) is 5.32 Å². The zero-order chi connectivity index (χ0) is 22.7. The van der Waals surface area contributed by atoms with Gasteiger partial charge in [0.2, 0.25) is 0 Å². The molecule has 0 spiro atoms. The Hall–Kier alpha value is -3.71. The van der Waals surface area contributed by atoms with Crippen LogP contribution < -0.4 is 15.0 Å². The van der Waals surface area contributed by atoms with E-state index < -0.39 is 17.8 Å². The molecule has 0 atom stereocenters. The molecule has 1 saturated heterocycles. The number of nitrogens with zero attached hydrogens (tertiary/aromatic N) is 1. The SMILES string of the molecule is Cc1ccc(COc2ccc(C=C3C(=O)NC(=O)N(c4ccc(Br)cc4)C3=O)cc2)cc1. The molecule has 0 aromatic heterocycles. The third-order valence-corrected chi connectivity index (χ3v) is 5.43. The average Bonchev–Trinajstić information content (AvgIpc) is 2.78. The third kappa shape index (κ3) is 4.78. The van der Waals surface area contributed by atoms with E-state index in [-0.39, 0.29) is 5.57 Å². The molecule has 4 rings (SSSR count). The number of amides is 4. The van der Waals surface area contributed by atoms with Crippen molar-refractivity contribution < 1.29 is 19.1 Å². The molecule has 7 heteroatoms. The number of urea groups is 1. The van der Waals surface area contributed by atoms with Crippen molar-refractivity contribution in [2.75, 3.05) is 4.90 Å². The highest BCUT2D eigenvalue weighted by Crippen LogP contribution is 2.24. The lowest BCUT2D eigenvalue weighted by atomic mass is 10.1. The number of hydrogen-bond acceptors (Lipinski definition) is 4. The van der Waals surface area contributed by atoms with E-state index in [2.05, 4.69) is 21.2 Å². The Morgan fingerprint density at radius 2 is 1.56 bits per heavy atom. The first-order chi connectivity index (χ1) is 15.4. The van der Waals surface area contributed by atoms with Crippen LogP contribution in [0.5, 0.6) is 5.75 Å². The summed E-state index contributed by atoms with van der Waals surface area (Å²) in [5.41, 5.74) is 3.13. The minimum absolute atomic E-state index is 0.124. The normalized spacial score (nSPS) is 15.1. The summed E-state index contributed by atoms with van der Waals surface area (Å²) in [4.78, 5) is 38.5. The van der Waals surface area contributed by atoms with Crippen molar-refractivity contribution in [2.24, 2.45) is 0 Å². The summed E-state index contributed by atoms with van der Waals surface area (Å²) < 4.78 is 6.60. The predicted octanol–water partition coefficient (Wildman–Crippen LogP) is 5.00. The summed E-state index contributed by atoms with van der Waals surface area (Å²) in [6.07, 6.45) is 1.46. The number of ether oxygens (including phenoxy) is 1. The van der Waals surface area contributed by atoms with Crippen molar-refractivity contribution in [3.8, 4) is 5.75 Å². The maximum atomic E-state index is 12.9. The number of benzene rings is 3. The average molecular weight is 491 g/mol.